The van der Waals surface area contributed by atoms with Crippen molar-refractivity contribution in [3.8, 4) is 0 Å². The zero-order valence-electron chi connectivity index (χ0n) is 9.53. The number of carbonyl (C=O) groups is 2. The van der Waals surface area contributed by atoms with Crippen LogP contribution in [0.15, 0.2) is 5.16 Å². The van der Waals surface area contributed by atoms with E-state index in [0.29, 0.717) is 11.0 Å². The van der Waals surface area contributed by atoms with Crippen LogP contribution in [0, 0.1) is 6.92 Å². The van der Waals surface area contributed by atoms with Crippen molar-refractivity contribution in [2.24, 2.45) is 5.73 Å². The molecule has 0 saturated heterocycles. The first-order valence-electron chi connectivity index (χ1n) is 4.69. The van der Waals surface area contributed by atoms with Gasteiger partial charge < -0.3 is 15.9 Å². The summed E-state index contributed by atoms with van der Waals surface area (Å²) in [5.74, 6) is -0.988. The third-order valence-electron chi connectivity index (χ3n) is 1.42. The Balaban J connectivity index is 0.000000360. The third-order valence-corrected chi connectivity index (χ3v) is 2.64. The molecular formula is C8H14N4O4S2. The molecule has 1 heterocycles. The maximum atomic E-state index is 10.1. The molecule has 0 aliphatic rings. The molecule has 0 aliphatic carbocycles. The molecule has 1 atom stereocenters. The van der Waals surface area contributed by atoms with Gasteiger partial charge in [0.25, 0.3) is 0 Å². The topological polar surface area (TPSA) is 142 Å². The van der Waals surface area contributed by atoms with Crippen LogP contribution in [0.4, 0.5) is 0 Å². The van der Waals surface area contributed by atoms with E-state index >= 15 is 0 Å². The lowest BCUT2D eigenvalue weighted by molar-refractivity contribution is -0.138. The Hall–Kier alpha value is -1.26. The minimum absolute atomic E-state index is 0.00269. The maximum Gasteiger partial charge on any atom is 0.321 e. The van der Waals surface area contributed by atoms with E-state index in [-0.39, 0.29) is 11.5 Å². The molecule has 8 nitrogen and oxygen atoms in total. The summed E-state index contributed by atoms with van der Waals surface area (Å²) >= 11 is 4.75. The van der Waals surface area contributed by atoms with E-state index in [1.165, 1.54) is 0 Å². The number of H-pyrrole nitrogens is 1. The van der Waals surface area contributed by atoms with Crippen LogP contribution in [0.1, 0.15) is 5.82 Å². The van der Waals surface area contributed by atoms with Crippen LogP contribution in [-0.2, 0) is 9.59 Å². The molecule has 1 aromatic heterocycles. The van der Waals surface area contributed by atoms with Crippen LogP contribution >= 0.6 is 24.4 Å². The van der Waals surface area contributed by atoms with Crippen LogP contribution < -0.4 is 5.73 Å². The van der Waals surface area contributed by atoms with Crippen LogP contribution in [0.25, 0.3) is 0 Å². The molecule has 10 heteroatoms. The van der Waals surface area contributed by atoms with Gasteiger partial charge in [-0.3, -0.25) is 14.7 Å². The summed E-state index contributed by atoms with van der Waals surface area (Å²) in [4.78, 5) is 23.8. The molecule has 0 aromatic carbocycles. The fourth-order valence-corrected chi connectivity index (χ4v) is 1.31. The summed E-state index contributed by atoms with van der Waals surface area (Å²) in [6, 6.07) is -0.816. The zero-order valence-corrected chi connectivity index (χ0v) is 11.2. The second-order valence-electron chi connectivity index (χ2n) is 3.01. The van der Waals surface area contributed by atoms with Gasteiger partial charge in [-0.1, -0.05) is 11.8 Å². The molecule has 0 amide bonds. The van der Waals surface area contributed by atoms with E-state index < -0.39 is 18.0 Å². The molecule has 5 N–H and O–H groups in total. The minimum Gasteiger partial charge on any atom is -0.481 e. The van der Waals surface area contributed by atoms with Crippen molar-refractivity contribution in [1.82, 2.24) is 15.2 Å². The highest BCUT2D eigenvalue weighted by Gasteiger charge is 2.06. The van der Waals surface area contributed by atoms with Crippen molar-refractivity contribution < 1.29 is 19.8 Å². The molecule has 102 valence electrons. The molecule has 0 radical (unpaired) electrons. The normalized spacial score (nSPS) is 11.3. The van der Waals surface area contributed by atoms with Crippen molar-refractivity contribution in [3.63, 3.8) is 0 Å². The molecular weight excluding hydrogens is 280 g/mol. The van der Waals surface area contributed by atoms with Gasteiger partial charge >= 0.3 is 11.9 Å². The summed E-state index contributed by atoms with van der Waals surface area (Å²) < 4.78 is 0. The summed E-state index contributed by atoms with van der Waals surface area (Å²) in [5, 5.41) is 23.1. The standard InChI is InChI=1S/C5H7N3O2S.C3H7NO2S/c1-3-6-5(8-7-3)11-2-4(9)10;4-2(1-7)3(5)6/h2H2,1H3,(H,9,10)(H,6,7,8);2,7H,1,4H2,(H,5,6)/t;2-/m.0/s1. The number of nitrogens with two attached hydrogens (primary N) is 1. The molecule has 0 spiro atoms. The third kappa shape index (κ3) is 7.92. The Kier molecular flexibility index (Phi) is 8.16. The first-order valence-corrected chi connectivity index (χ1v) is 6.31. The van der Waals surface area contributed by atoms with E-state index in [9.17, 15) is 9.59 Å². The Bertz CT molecular complexity index is 398. The smallest absolute Gasteiger partial charge is 0.321 e. The Labute approximate surface area is 113 Å². The van der Waals surface area contributed by atoms with E-state index in [4.69, 9.17) is 15.9 Å². The lowest BCUT2D eigenvalue weighted by atomic mass is 10.4. The average molecular weight is 294 g/mol. The highest BCUT2D eigenvalue weighted by Crippen LogP contribution is 2.10. The lowest BCUT2D eigenvalue weighted by Gasteiger charge is -1.96. The Morgan fingerprint density at radius 3 is 2.44 bits per heavy atom. The van der Waals surface area contributed by atoms with Gasteiger partial charge in [-0.25, -0.2) is 4.98 Å². The fourth-order valence-electron chi connectivity index (χ4n) is 0.591. The lowest BCUT2D eigenvalue weighted by Crippen LogP contribution is -2.31. The van der Waals surface area contributed by atoms with Crippen molar-refractivity contribution >= 4 is 36.3 Å². The molecule has 0 fully saturated rings. The zero-order chi connectivity index (χ0) is 14.1. The average Bonchev–Trinajstić information content (AvgIpc) is 2.72. The molecule has 1 aromatic rings. The molecule has 1 rings (SSSR count). The van der Waals surface area contributed by atoms with E-state index in [1.54, 1.807) is 6.92 Å². The Morgan fingerprint density at radius 2 is 2.17 bits per heavy atom. The highest BCUT2D eigenvalue weighted by molar-refractivity contribution is 7.99. The number of aryl methyl sites for hydroxylation is 1. The maximum absolute atomic E-state index is 10.1. The van der Waals surface area contributed by atoms with Crippen molar-refractivity contribution in [2.45, 2.75) is 18.1 Å². The number of nitrogens with zero attached hydrogens (tertiary/aromatic N) is 2. The number of aromatic nitrogens is 3. The molecule has 0 aliphatic heterocycles. The van der Waals surface area contributed by atoms with Gasteiger partial charge in [-0.2, -0.15) is 12.6 Å². The van der Waals surface area contributed by atoms with Gasteiger partial charge in [0.1, 0.15) is 11.9 Å². The van der Waals surface area contributed by atoms with Crippen molar-refractivity contribution in [2.75, 3.05) is 11.5 Å². The second-order valence-corrected chi connectivity index (χ2v) is 4.32. The summed E-state index contributed by atoms with van der Waals surface area (Å²) in [6.07, 6.45) is 0. The number of thioether (sulfide) groups is 1. The molecule has 0 saturated carbocycles. The number of aromatic amines is 1. The predicted molar refractivity (Wildman–Crippen MR) is 68.9 cm³/mol. The van der Waals surface area contributed by atoms with Gasteiger partial charge in [0.05, 0.1) is 5.75 Å². The van der Waals surface area contributed by atoms with E-state index in [1.807, 2.05) is 0 Å². The number of carboxylic acids is 2. The minimum atomic E-state index is -1.00. The van der Waals surface area contributed by atoms with E-state index in [2.05, 4.69) is 27.8 Å². The van der Waals surface area contributed by atoms with Crippen LogP contribution in [0.2, 0.25) is 0 Å². The number of rotatable bonds is 5. The van der Waals surface area contributed by atoms with Crippen molar-refractivity contribution in [3.05, 3.63) is 5.82 Å². The van der Waals surface area contributed by atoms with Crippen LogP contribution in [-0.4, -0.2) is 54.9 Å². The molecule has 18 heavy (non-hydrogen) atoms. The molecule has 0 unspecified atom stereocenters. The van der Waals surface area contributed by atoms with Gasteiger partial charge in [0.15, 0.2) is 0 Å². The van der Waals surface area contributed by atoms with Gasteiger partial charge in [-0.05, 0) is 6.92 Å². The quantitative estimate of drug-likeness (QED) is 0.365. The Morgan fingerprint density at radius 1 is 1.56 bits per heavy atom. The number of aliphatic carboxylic acids is 2. The fraction of sp³-hybridized carbons (Fsp3) is 0.500. The summed E-state index contributed by atoms with van der Waals surface area (Å²) in [6.45, 7) is 1.76. The number of nitrogens with one attached hydrogen (secondary N) is 1. The summed E-state index contributed by atoms with van der Waals surface area (Å²) in [7, 11) is 0. The van der Waals surface area contributed by atoms with Gasteiger partial charge in [0.2, 0.25) is 5.16 Å². The van der Waals surface area contributed by atoms with Crippen LogP contribution in [0.5, 0.6) is 0 Å². The predicted octanol–water partition coefficient (Wildman–Crippen LogP) is -0.382. The molecule has 0 bridgehead atoms. The first-order chi connectivity index (χ1) is 8.36. The number of thiol groups is 1. The number of carboxylic acid groups (broad SMARTS) is 2. The van der Waals surface area contributed by atoms with Gasteiger partial charge in [0, 0.05) is 5.75 Å². The highest BCUT2D eigenvalue weighted by atomic mass is 32.2. The summed E-state index contributed by atoms with van der Waals surface area (Å²) in [5.41, 5.74) is 4.94. The SMILES string of the molecule is Cc1nc(SCC(=O)O)n[nH]1.N[C@@H](CS)C(=O)O. The van der Waals surface area contributed by atoms with Crippen LogP contribution in [0.3, 0.4) is 0 Å². The monoisotopic (exact) mass is 294 g/mol. The van der Waals surface area contributed by atoms with Gasteiger partial charge in [-0.15, -0.1) is 5.10 Å². The van der Waals surface area contributed by atoms with Crippen molar-refractivity contribution in [1.29, 1.82) is 0 Å². The number of hydrogen-bond donors (Lipinski definition) is 5. The second kappa shape index (κ2) is 8.78. The number of hydrogen-bond acceptors (Lipinski definition) is 7. The largest absolute Gasteiger partial charge is 0.481 e. The van der Waals surface area contributed by atoms with E-state index in [0.717, 1.165) is 11.8 Å². The first kappa shape index (κ1) is 16.7.